The molecule has 3 aliphatic rings. The van der Waals surface area contributed by atoms with Crippen LogP contribution in [0.1, 0.15) is 65.5 Å². The van der Waals surface area contributed by atoms with Crippen molar-refractivity contribution in [1.29, 1.82) is 0 Å². The van der Waals surface area contributed by atoms with Crippen LogP contribution >= 0.6 is 0 Å². The molecule has 5 unspecified atom stereocenters. The summed E-state index contributed by atoms with van der Waals surface area (Å²) in [6, 6.07) is 20.2. The molecule has 0 saturated carbocycles. The fourth-order valence-corrected chi connectivity index (χ4v) is 7.58. The molecule has 3 aliphatic heterocycles. The van der Waals surface area contributed by atoms with Crippen molar-refractivity contribution >= 4 is 8.32 Å². The summed E-state index contributed by atoms with van der Waals surface area (Å²) in [6.45, 7) is 18.1. The van der Waals surface area contributed by atoms with Gasteiger partial charge in [0, 0.05) is 12.8 Å². The normalized spacial score (nSPS) is 37.1. The predicted molar refractivity (Wildman–Crippen MR) is 175 cm³/mol. The van der Waals surface area contributed by atoms with Crippen molar-refractivity contribution in [1.82, 2.24) is 0 Å². The zero-order valence-electron chi connectivity index (χ0n) is 28.3. The SMILES string of the molecule is CC1(CO[Si](C)(C)C(C)(C)C)OC2C[C@@]3(C)OC(COCc4ccccc4)C(OCc4ccccc4)CC3O[C@]2(C)[C@H](O)[C@@H]1O. The van der Waals surface area contributed by atoms with Gasteiger partial charge in [-0.3, -0.25) is 0 Å². The molecule has 0 bridgehead atoms. The average Bonchev–Trinajstić information content (AvgIpc) is 2.99. The Balaban J connectivity index is 1.34. The van der Waals surface area contributed by atoms with E-state index in [9.17, 15) is 10.2 Å². The van der Waals surface area contributed by atoms with Gasteiger partial charge in [0.05, 0.1) is 50.3 Å². The smallest absolute Gasteiger partial charge is 0.192 e. The maximum absolute atomic E-state index is 11.6. The third kappa shape index (κ3) is 7.27. The molecule has 5 rings (SSSR count). The Morgan fingerprint density at radius 3 is 2.02 bits per heavy atom. The van der Waals surface area contributed by atoms with Gasteiger partial charge in [-0.1, -0.05) is 81.4 Å². The summed E-state index contributed by atoms with van der Waals surface area (Å²) in [7, 11) is -2.14. The standard InChI is InChI=1S/C36H54O8Si/c1-33(2,3)45(7,8)41-24-35(5)31(37)32(38)36(6)30(43-35)20-34(4)29(44-36)19-27(40-22-26-17-13-10-14-18-26)28(42-34)23-39-21-25-15-11-9-12-16-25/h9-18,27-32,37-38H,19-24H2,1-8H3/t27?,28?,29?,30?,31-,32+,34+,35?,36-/m0/s1. The van der Waals surface area contributed by atoms with Gasteiger partial charge in [-0.2, -0.15) is 0 Å². The Hall–Kier alpha value is -1.66. The number of ether oxygens (including phenoxy) is 5. The minimum atomic E-state index is -2.14. The molecule has 9 atom stereocenters. The summed E-state index contributed by atoms with van der Waals surface area (Å²) in [5, 5.41) is 23.1. The van der Waals surface area contributed by atoms with Crippen molar-refractivity contribution in [3.63, 3.8) is 0 Å². The minimum Gasteiger partial charge on any atom is -0.414 e. The molecule has 250 valence electrons. The predicted octanol–water partition coefficient (Wildman–Crippen LogP) is 5.78. The van der Waals surface area contributed by atoms with Gasteiger partial charge in [-0.05, 0) is 50.0 Å². The van der Waals surface area contributed by atoms with E-state index in [1.165, 1.54) is 0 Å². The lowest BCUT2D eigenvalue weighted by molar-refractivity contribution is -0.383. The molecule has 0 spiro atoms. The minimum absolute atomic E-state index is 0.00257. The van der Waals surface area contributed by atoms with Crippen LogP contribution in [0.5, 0.6) is 0 Å². The number of rotatable bonds is 10. The summed E-state index contributed by atoms with van der Waals surface area (Å²) >= 11 is 0. The van der Waals surface area contributed by atoms with Crippen molar-refractivity contribution in [2.24, 2.45) is 0 Å². The third-order valence-corrected chi connectivity index (χ3v) is 15.2. The van der Waals surface area contributed by atoms with Crippen molar-refractivity contribution < 1.29 is 38.3 Å². The Bertz CT molecular complexity index is 1250. The van der Waals surface area contributed by atoms with Crippen LogP contribution in [0.15, 0.2) is 60.7 Å². The number of aliphatic hydroxyl groups is 2. The number of fused-ring (bicyclic) bond motifs is 2. The average molecular weight is 643 g/mol. The van der Waals surface area contributed by atoms with E-state index in [4.69, 9.17) is 28.1 Å². The number of hydrogen-bond donors (Lipinski definition) is 2. The van der Waals surface area contributed by atoms with Gasteiger partial charge in [0.2, 0.25) is 0 Å². The first-order valence-electron chi connectivity index (χ1n) is 16.4. The molecule has 2 aromatic carbocycles. The molecule has 2 N–H and O–H groups in total. The Morgan fingerprint density at radius 1 is 0.822 bits per heavy atom. The zero-order chi connectivity index (χ0) is 32.7. The molecular weight excluding hydrogens is 588 g/mol. The van der Waals surface area contributed by atoms with Crippen LogP contribution in [0.4, 0.5) is 0 Å². The van der Waals surface area contributed by atoms with E-state index < -0.39 is 43.4 Å². The first kappa shape index (κ1) is 34.7. The highest BCUT2D eigenvalue weighted by molar-refractivity contribution is 6.74. The van der Waals surface area contributed by atoms with E-state index in [1.54, 1.807) is 0 Å². The lowest BCUT2D eigenvalue weighted by Gasteiger charge is -2.62. The quantitative estimate of drug-likeness (QED) is 0.315. The van der Waals surface area contributed by atoms with Crippen LogP contribution in [0.2, 0.25) is 18.1 Å². The molecule has 3 heterocycles. The molecule has 0 radical (unpaired) electrons. The summed E-state index contributed by atoms with van der Waals surface area (Å²) < 4.78 is 39.5. The maximum Gasteiger partial charge on any atom is 0.192 e. The Morgan fingerprint density at radius 2 is 1.42 bits per heavy atom. The summed E-state index contributed by atoms with van der Waals surface area (Å²) in [5.41, 5.74) is -0.798. The molecule has 8 nitrogen and oxygen atoms in total. The van der Waals surface area contributed by atoms with Crippen LogP contribution in [-0.2, 0) is 41.3 Å². The van der Waals surface area contributed by atoms with Crippen molar-refractivity contribution in [3.05, 3.63) is 71.8 Å². The van der Waals surface area contributed by atoms with Gasteiger partial charge in [-0.15, -0.1) is 0 Å². The lowest BCUT2D eigenvalue weighted by atomic mass is 9.70. The Labute approximate surface area is 270 Å². The van der Waals surface area contributed by atoms with Gasteiger partial charge in [0.15, 0.2) is 8.32 Å². The van der Waals surface area contributed by atoms with Gasteiger partial charge in [-0.25, -0.2) is 0 Å². The fourth-order valence-electron chi connectivity index (χ4n) is 6.50. The highest BCUT2D eigenvalue weighted by Gasteiger charge is 2.66. The first-order chi connectivity index (χ1) is 21.1. The fraction of sp³-hybridized carbons (Fsp3) is 0.667. The molecule has 0 amide bonds. The molecule has 9 heteroatoms. The second-order valence-corrected chi connectivity index (χ2v) is 20.2. The molecule has 45 heavy (non-hydrogen) atoms. The summed E-state index contributed by atoms with van der Waals surface area (Å²) in [4.78, 5) is 0. The largest absolute Gasteiger partial charge is 0.414 e. The zero-order valence-corrected chi connectivity index (χ0v) is 29.3. The third-order valence-electron chi connectivity index (χ3n) is 10.7. The highest BCUT2D eigenvalue weighted by atomic mass is 28.4. The second-order valence-electron chi connectivity index (χ2n) is 15.4. The topological polar surface area (TPSA) is 95.8 Å². The monoisotopic (exact) mass is 642 g/mol. The van der Waals surface area contributed by atoms with Crippen molar-refractivity contribution in [2.75, 3.05) is 13.2 Å². The van der Waals surface area contributed by atoms with Crippen LogP contribution < -0.4 is 0 Å². The van der Waals surface area contributed by atoms with Gasteiger partial charge in [0.1, 0.15) is 29.5 Å². The first-order valence-corrected chi connectivity index (χ1v) is 19.3. The van der Waals surface area contributed by atoms with Crippen LogP contribution in [0.3, 0.4) is 0 Å². The molecular formula is C36H54O8Si. The van der Waals surface area contributed by atoms with Gasteiger partial charge in [0.25, 0.3) is 0 Å². The van der Waals surface area contributed by atoms with E-state index in [0.29, 0.717) is 32.7 Å². The molecule has 3 fully saturated rings. The van der Waals surface area contributed by atoms with Gasteiger partial charge < -0.3 is 38.3 Å². The molecule has 3 saturated heterocycles. The summed E-state index contributed by atoms with van der Waals surface area (Å²) in [6.07, 6.45) is -2.88. The number of benzene rings is 2. The van der Waals surface area contributed by atoms with Crippen LogP contribution in [-0.4, -0.2) is 85.2 Å². The van der Waals surface area contributed by atoms with Gasteiger partial charge >= 0.3 is 0 Å². The highest BCUT2D eigenvalue weighted by Crippen LogP contribution is 2.51. The van der Waals surface area contributed by atoms with Crippen LogP contribution in [0, 0.1) is 0 Å². The summed E-state index contributed by atoms with van der Waals surface area (Å²) in [5.74, 6) is 0. The molecule has 0 aliphatic carbocycles. The van der Waals surface area contributed by atoms with Crippen LogP contribution in [0.25, 0.3) is 0 Å². The van der Waals surface area contributed by atoms with Crippen molar-refractivity contribution in [3.8, 4) is 0 Å². The van der Waals surface area contributed by atoms with E-state index in [0.717, 1.165) is 11.1 Å². The molecule has 2 aromatic rings. The number of aliphatic hydroxyl groups excluding tert-OH is 2. The van der Waals surface area contributed by atoms with E-state index in [1.807, 2.05) is 74.5 Å². The number of hydrogen-bond acceptors (Lipinski definition) is 8. The van der Waals surface area contributed by atoms with Crippen molar-refractivity contribution in [2.45, 2.75) is 139 Å². The van der Waals surface area contributed by atoms with E-state index in [2.05, 4.69) is 40.8 Å². The van der Waals surface area contributed by atoms with E-state index in [-0.39, 0.29) is 30.0 Å². The van der Waals surface area contributed by atoms with E-state index >= 15 is 0 Å². The second kappa shape index (κ2) is 13.1. The lowest BCUT2D eigenvalue weighted by Crippen LogP contribution is -2.77. The Kier molecular flexibility index (Phi) is 10.1. The maximum atomic E-state index is 11.6. The molecule has 0 aromatic heterocycles.